The zero-order chi connectivity index (χ0) is 22.3. The molecule has 0 radical (unpaired) electrons. The summed E-state index contributed by atoms with van der Waals surface area (Å²) < 4.78 is 23.5. The molecule has 1 aliphatic carbocycles. The molecule has 0 atom stereocenters. The molecule has 1 fully saturated rings. The molecule has 6 heteroatoms. The first-order valence-electron chi connectivity index (χ1n) is 11.8. The molecule has 32 heavy (non-hydrogen) atoms. The Kier molecular flexibility index (Phi) is 7.66. The molecule has 2 aromatic rings. The van der Waals surface area contributed by atoms with Gasteiger partial charge in [0.15, 0.2) is 5.78 Å². The Morgan fingerprint density at radius 1 is 0.875 bits per heavy atom. The monoisotopic (exact) mass is 439 g/mol. The number of hydrogen-bond acceptors (Lipinski definition) is 6. The molecule has 0 saturated carbocycles. The van der Waals surface area contributed by atoms with Crippen LogP contribution in [0.15, 0.2) is 30.3 Å². The largest absolute Gasteiger partial charge is 0.493 e. The van der Waals surface area contributed by atoms with Crippen molar-refractivity contribution in [1.82, 2.24) is 4.90 Å². The van der Waals surface area contributed by atoms with Gasteiger partial charge in [-0.2, -0.15) is 0 Å². The van der Waals surface area contributed by atoms with Crippen LogP contribution < -0.4 is 14.2 Å². The molecule has 2 aliphatic rings. The lowest BCUT2D eigenvalue weighted by Gasteiger charge is -2.26. The van der Waals surface area contributed by atoms with E-state index in [-0.39, 0.29) is 5.78 Å². The number of hydrogen-bond donors (Lipinski definition) is 0. The summed E-state index contributed by atoms with van der Waals surface area (Å²) in [6, 6.07) is 9.45. The van der Waals surface area contributed by atoms with Crippen LogP contribution in [0.2, 0.25) is 0 Å². The molecule has 0 bridgehead atoms. The first-order chi connectivity index (χ1) is 15.7. The fourth-order valence-electron chi connectivity index (χ4n) is 4.19. The Morgan fingerprint density at radius 3 is 2.38 bits per heavy atom. The van der Waals surface area contributed by atoms with Crippen molar-refractivity contribution < 1.29 is 23.7 Å². The van der Waals surface area contributed by atoms with Crippen LogP contribution in [0.3, 0.4) is 0 Å². The molecule has 0 unspecified atom stereocenters. The second-order valence-corrected chi connectivity index (χ2v) is 8.20. The third-order valence-corrected chi connectivity index (χ3v) is 5.76. The van der Waals surface area contributed by atoms with Gasteiger partial charge in [0.2, 0.25) is 0 Å². The van der Waals surface area contributed by atoms with Crippen LogP contribution in [0, 0.1) is 0 Å². The van der Waals surface area contributed by atoms with Crippen LogP contribution in [0.1, 0.15) is 49.0 Å². The smallest absolute Gasteiger partial charge is 0.194 e. The standard InChI is InChI=1S/C26H33NO5/c1-3-12-30-19-17-21-25(23(18-19)31-13-4-2)24-20(26(21)28)7-5-8-22(24)32-14-6-9-27-10-15-29-16-11-27/h5,7-8,17-18H,3-4,6,9-16H2,1-2H3. The van der Waals surface area contributed by atoms with Gasteiger partial charge < -0.3 is 18.9 Å². The van der Waals surface area contributed by atoms with Gasteiger partial charge in [-0.25, -0.2) is 0 Å². The summed E-state index contributed by atoms with van der Waals surface area (Å²) in [4.78, 5) is 15.6. The number of morpholine rings is 1. The van der Waals surface area contributed by atoms with Gasteiger partial charge in [0.1, 0.15) is 17.2 Å². The number of nitrogens with zero attached hydrogens (tertiary/aromatic N) is 1. The van der Waals surface area contributed by atoms with Crippen LogP contribution >= 0.6 is 0 Å². The zero-order valence-electron chi connectivity index (χ0n) is 19.2. The summed E-state index contributed by atoms with van der Waals surface area (Å²) in [5, 5.41) is 0. The second-order valence-electron chi connectivity index (χ2n) is 8.20. The average molecular weight is 440 g/mol. The predicted molar refractivity (Wildman–Crippen MR) is 124 cm³/mol. The molecular weight excluding hydrogens is 406 g/mol. The van der Waals surface area contributed by atoms with Crippen LogP contribution in [0.25, 0.3) is 11.1 Å². The Morgan fingerprint density at radius 2 is 1.59 bits per heavy atom. The van der Waals surface area contributed by atoms with Gasteiger partial charge in [0.25, 0.3) is 0 Å². The van der Waals surface area contributed by atoms with E-state index in [0.717, 1.165) is 69.0 Å². The van der Waals surface area contributed by atoms with Gasteiger partial charge in [-0.1, -0.05) is 26.0 Å². The van der Waals surface area contributed by atoms with Gasteiger partial charge in [0.05, 0.1) is 33.0 Å². The predicted octanol–water partition coefficient (Wildman–Crippen LogP) is 4.58. The Hall–Kier alpha value is -2.57. The fraction of sp³-hybridized carbons (Fsp3) is 0.500. The summed E-state index contributed by atoms with van der Waals surface area (Å²) in [6.07, 6.45) is 2.71. The molecule has 6 nitrogen and oxygen atoms in total. The number of carbonyl (C=O) groups is 1. The zero-order valence-corrected chi connectivity index (χ0v) is 19.2. The maximum Gasteiger partial charge on any atom is 0.194 e. The van der Waals surface area contributed by atoms with E-state index in [1.54, 1.807) is 0 Å². The fourth-order valence-corrected chi connectivity index (χ4v) is 4.19. The first kappa shape index (κ1) is 22.6. The molecule has 2 aromatic carbocycles. The highest BCUT2D eigenvalue weighted by molar-refractivity contribution is 6.23. The van der Waals surface area contributed by atoms with Crippen molar-refractivity contribution in [2.45, 2.75) is 33.1 Å². The van der Waals surface area contributed by atoms with Gasteiger partial charge in [-0.15, -0.1) is 0 Å². The molecule has 0 spiro atoms. The molecule has 0 aromatic heterocycles. The van der Waals surface area contributed by atoms with Gasteiger partial charge >= 0.3 is 0 Å². The van der Waals surface area contributed by atoms with E-state index in [0.29, 0.717) is 42.4 Å². The van der Waals surface area contributed by atoms with Crippen LogP contribution in [-0.2, 0) is 4.74 Å². The van der Waals surface area contributed by atoms with E-state index in [1.165, 1.54) is 0 Å². The number of benzene rings is 2. The second kappa shape index (κ2) is 10.8. The molecule has 1 heterocycles. The maximum atomic E-state index is 13.2. The Balaban J connectivity index is 1.57. The molecule has 1 saturated heterocycles. The highest BCUT2D eigenvalue weighted by Gasteiger charge is 2.33. The normalized spacial score (nSPS) is 15.4. The van der Waals surface area contributed by atoms with Crippen LogP contribution in [0.4, 0.5) is 0 Å². The van der Waals surface area contributed by atoms with Gasteiger partial charge in [-0.3, -0.25) is 9.69 Å². The summed E-state index contributed by atoms with van der Waals surface area (Å²) in [7, 11) is 0. The minimum absolute atomic E-state index is 0.00272. The van der Waals surface area contributed by atoms with E-state index in [1.807, 2.05) is 30.3 Å². The Labute approximate surface area is 190 Å². The summed E-state index contributed by atoms with van der Waals surface area (Å²) in [5.74, 6) is 2.09. The number of rotatable bonds is 11. The van der Waals surface area contributed by atoms with Crippen molar-refractivity contribution in [2.24, 2.45) is 0 Å². The number of ketones is 1. The van der Waals surface area contributed by atoms with Crippen LogP contribution in [-0.4, -0.2) is 63.4 Å². The minimum atomic E-state index is -0.00272. The molecular formula is C26H33NO5. The summed E-state index contributed by atoms with van der Waals surface area (Å²) in [6.45, 7) is 10.4. The van der Waals surface area contributed by atoms with Crippen LogP contribution in [0.5, 0.6) is 17.2 Å². The maximum absolute atomic E-state index is 13.2. The van der Waals surface area contributed by atoms with E-state index in [4.69, 9.17) is 18.9 Å². The Bertz CT molecular complexity index is 936. The topological polar surface area (TPSA) is 57.2 Å². The molecule has 1 aliphatic heterocycles. The van der Waals surface area contributed by atoms with Crippen molar-refractivity contribution in [3.8, 4) is 28.4 Å². The average Bonchev–Trinajstić information content (AvgIpc) is 3.12. The highest BCUT2D eigenvalue weighted by atomic mass is 16.5. The molecule has 0 amide bonds. The third-order valence-electron chi connectivity index (χ3n) is 5.76. The SMILES string of the molecule is CCCOc1cc(OCCC)c2c(c1)C(=O)c1cccc(OCCCN3CCOCC3)c1-2. The van der Waals surface area contributed by atoms with E-state index >= 15 is 0 Å². The van der Waals surface area contributed by atoms with Crippen molar-refractivity contribution in [1.29, 1.82) is 0 Å². The number of fused-ring (bicyclic) bond motifs is 3. The van der Waals surface area contributed by atoms with Crippen molar-refractivity contribution in [2.75, 3.05) is 52.7 Å². The lowest BCUT2D eigenvalue weighted by molar-refractivity contribution is 0.0358. The molecule has 4 rings (SSSR count). The summed E-state index contributed by atoms with van der Waals surface area (Å²) in [5.41, 5.74) is 2.96. The minimum Gasteiger partial charge on any atom is -0.493 e. The number of carbonyl (C=O) groups excluding carboxylic acids is 1. The molecule has 172 valence electrons. The quantitative estimate of drug-likeness (QED) is 0.408. The third kappa shape index (κ3) is 4.92. The highest BCUT2D eigenvalue weighted by Crippen LogP contribution is 2.49. The van der Waals surface area contributed by atoms with Gasteiger partial charge in [0, 0.05) is 48.0 Å². The molecule has 0 N–H and O–H groups in total. The van der Waals surface area contributed by atoms with Gasteiger partial charge in [-0.05, 0) is 31.4 Å². The van der Waals surface area contributed by atoms with E-state index in [2.05, 4.69) is 18.7 Å². The first-order valence-corrected chi connectivity index (χ1v) is 11.8. The van der Waals surface area contributed by atoms with E-state index < -0.39 is 0 Å². The number of ether oxygens (including phenoxy) is 4. The lowest BCUT2D eigenvalue weighted by Crippen LogP contribution is -2.37. The van der Waals surface area contributed by atoms with Crippen molar-refractivity contribution in [3.63, 3.8) is 0 Å². The lowest BCUT2D eigenvalue weighted by atomic mass is 10.0. The van der Waals surface area contributed by atoms with Crippen molar-refractivity contribution >= 4 is 5.78 Å². The van der Waals surface area contributed by atoms with E-state index in [9.17, 15) is 4.79 Å². The van der Waals surface area contributed by atoms with Crippen molar-refractivity contribution in [3.05, 3.63) is 41.5 Å². The summed E-state index contributed by atoms with van der Waals surface area (Å²) >= 11 is 0.